The van der Waals surface area contributed by atoms with Crippen LogP contribution in [0.15, 0.2) is 97.2 Å². The molecule has 1 amide bonds. The molecule has 0 radical (unpaired) electrons. The van der Waals surface area contributed by atoms with Gasteiger partial charge in [-0.3, -0.25) is 4.79 Å². The Kier molecular flexibility index (Phi) is 7.64. The topological polar surface area (TPSA) is 79.2 Å². The van der Waals surface area contributed by atoms with Crippen molar-refractivity contribution in [1.29, 1.82) is 0 Å². The molecule has 1 heterocycles. The van der Waals surface area contributed by atoms with Crippen molar-refractivity contribution in [2.24, 2.45) is 0 Å². The Bertz CT molecular complexity index is 1140. The van der Waals surface area contributed by atoms with Crippen LogP contribution in [0.1, 0.15) is 23.2 Å². The molecule has 168 valence electrons. The molecule has 0 spiro atoms. The largest absolute Gasteiger partial charge is 0.387 e. The number of aliphatic hydroxyl groups is 1. The van der Waals surface area contributed by atoms with E-state index in [1.807, 2.05) is 102 Å². The van der Waals surface area contributed by atoms with Crippen molar-refractivity contribution in [3.63, 3.8) is 0 Å². The molecular formula is C27H28N4O2. The summed E-state index contributed by atoms with van der Waals surface area (Å²) >= 11 is 0. The van der Waals surface area contributed by atoms with Gasteiger partial charge >= 0.3 is 0 Å². The van der Waals surface area contributed by atoms with Gasteiger partial charge in [-0.1, -0.05) is 66.7 Å². The van der Waals surface area contributed by atoms with E-state index < -0.39 is 6.10 Å². The van der Waals surface area contributed by atoms with Crippen LogP contribution < -0.4 is 10.6 Å². The van der Waals surface area contributed by atoms with Crippen LogP contribution in [0.5, 0.6) is 0 Å². The minimum atomic E-state index is -0.551. The van der Waals surface area contributed by atoms with Gasteiger partial charge in [0.2, 0.25) is 5.91 Å². The molecule has 6 nitrogen and oxygen atoms in total. The van der Waals surface area contributed by atoms with Gasteiger partial charge in [-0.25, -0.2) is 4.98 Å². The summed E-state index contributed by atoms with van der Waals surface area (Å²) < 4.78 is 1.97. The highest BCUT2D eigenvalue weighted by Crippen LogP contribution is 2.15. The van der Waals surface area contributed by atoms with Gasteiger partial charge in [-0.05, 0) is 29.8 Å². The third-order valence-electron chi connectivity index (χ3n) is 5.32. The lowest BCUT2D eigenvalue weighted by Crippen LogP contribution is -2.23. The Hall–Kier alpha value is -3.74. The monoisotopic (exact) mass is 440 g/mol. The van der Waals surface area contributed by atoms with Gasteiger partial charge in [-0.15, -0.1) is 0 Å². The average Bonchev–Trinajstić information content (AvgIpc) is 3.25. The zero-order valence-corrected chi connectivity index (χ0v) is 18.4. The van der Waals surface area contributed by atoms with E-state index in [0.717, 1.165) is 22.6 Å². The van der Waals surface area contributed by atoms with Crippen LogP contribution in [0, 0.1) is 0 Å². The summed E-state index contributed by atoms with van der Waals surface area (Å²) in [4.78, 5) is 17.4. The molecule has 0 aliphatic rings. The van der Waals surface area contributed by atoms with Gasteiger partial charge in [0.05, 0.1) is 18.2 Å². The van der Waals surface area contributed by atoms with Gasteiger partial charge in [0, 0.05) is 37.1 Å². The van der Waals surface area contributed by atoms with E-state index >= 15 is 0 Å². The lowest BCUT2D eigenvalue weighted by atomic mass is 10.1. The molecule has 0 unspecified atom stereocenters. The SMILES string of the molecule is O=C(Cc1nc(CCNC[C@H](O)c2ccccc2)cn1-c1ccccc1)Nc1ccccc1. The standard InChI is InChI=1S/C27H28N4O2/c32-25(21-10-4-1-5-11-21)19-28-17-16-23-20-31(24-14-8-3-9-15-24)26(29-23)18-27(33)30-22-12-6-2-7-13-22/h1-15,20,25,28,32H,16-19H2,(H,30,33)/t25-/m0/s1. The fourth-order valence-electron chi connectivity index (χ4n) is 3.65. The number of nitrogens with one attached hydrogen (secondary N) is 2. The van der Waals surface area contributed by atoms with E-state index in [1.54, 1.807) is 0 Å². The predicted octanol–water partition coefficient (Wildman–Crippen LogP) is 3.92. The third kappa shape index (κ3) is 6.38. The van der Waals surface area contributed by atoms with E-state index in [0.29, 0.717) is 25.3 Å². The molecule has 1 aromatic heterocycles. The highest BCUT2D eigenvalue weighted by atomic mass is 16.3. The van der Waals surface area contributed by atoms with Crippen molar-refractivity contribution in [1.82, 2.24) is 14.9 Å². The van der Waals surface area contributed by atoms with Crippen molar-refractivity contribution < 1.29 is 9.90 Å². The summed E-state index contributed by atoms with van der Waals surface area (Å²) in [5.74, 6) is 0.577. The number of anilines is 1. The van der Waals surface area contributed by atoms with E-state index in [2.05, 4.69) is 10.6 Å². The van der Waals surface area contributed by atoms with E-state index in [9.17, 15) is 9.90 Å². The maximum absolute atomic E-state index is 12.6. The van der Waals surface area contributed by atoms with Crippen LogP contribution in [0.3, 0.4) is 0 Å². The van der Waals surface area contributed by atoms with Gasteiger partial charge in [0.1, 0.15) is 5.82 Å². The average molecular weight is 441 g/mol. The molecule has 4 aromatic rings. The first kappa shape index (κ1) is 22.5. The molecule has 1 atom stereocenters. The second kappa shape index (κ2) is 11.2. The van der Waals surface area contributed by atoms with Crippen LogP contribution in [-0.2, 0) is 17.6 Å². The number of nitrogens with zero attached hydrogens (tertiary/aromatic N) is 2. The minimum Gasteiger partial charge on any atom is -0.387 e. The summed E-state index contributed by atoms with van der Waals surface area (Å²) in [5, 5.41) is 16.5. The number of aromatic nitrogens is 2. The summed E-state index contributed by atoms with van der Waals surface area (Å²) in [6, 6.07) is 28.9. The van der Waals surface area contributed by atoms with Gasteiger partial charge in [-0.2, -0.15) is 0 Å². The molecule has 4 rings (SSSR count). The Morgan fingerprint density at radius 1 is 0.909 bits per heavy atom. The first-order valence-corrected chi connectivity index (χ1v) is 11.1. The van der Waals surface area contributed by atoms with Crippen LogP contribution in [-0.4, -0.2) is 33.7 Å². The normalized spacial score (nSPS) is 11.8. The maximum Gasteiger partial charge on any atom is 0.231 e. The smallest absolute Gasteiger partial charge is 0.231 e. The fraction of sp³-hybridized carbons (Fsp3) is 0.185. The number of amides is 1. The van der Waals surface area contributed by atoms with E-state index in [4.69, 9.17) is 4.98 Å². The zero-order valence-electron chi connectivity index (χ0n) is 18.4. The van der Waals surface area contributed by atoms with Crippen LogP contribution >= 0.6 is 0 Å². The predicted molar refractivity (Wildman–Crippen MR) is 130 cm³/mol. The minimum absolute atomic E-state index is 0.111. The summed E-state index contributed by atoms with van der Waals surface area (Å²) in [6.45, 7) is 1.14. The van der Waals surface area contributed by atoms with Crippen molar-refractivity contribution >= 4 is 11.6 Å². The molecule has 0 fully saturated rings. The maximum atomic E-state index is 12.6. The Labute approximate surface area is 193 Å². The van der Waals surface area contributed by atoms with E-state index in [1.165, 1.54) is 0 Å². The highest BCUT2D eigenvalue weighted by Gasteiger charge is 2.14. The molecule has 3 N–H and O–H groups in total. The number of carbonyl (C=O) groups is 1. The van der Waals surface area contributed by atoms with Crippen molar-refractivity contribution in [2.45, 2.75) is 18.9 Å². The van der Waals surface area contributed by atoms with Crippen LogP contribution in [0.4, 0.5) is 5.69 Å². The summed E-state index contributed by atoms with van der Waals surface area (Å²) in [7, 11) is 0. The molecule has 0 saturated carbocycles. The fourth-order valence-corrected chi connectivity index (χ4v) is 3.65. The number of hydrogen-bond acceptors (Lipinski definition) is 4. The molecular weight excluding hydrogens is 412 g/mol. The number of hydrogen-bond donors (Lipinski definition) is 3. The first-order chi connectivity index (χ1) is 16.2. The number of carbonyl (C=O) groups excluding carboxylic acids is 1. The number of benzene rings is 3. The van der Waals surface area contributed by atoms with Gasteiger partial charge in [0.25, 0.3) is 0 Å². The first-order valence-electron chi connectivity index (χ1n) is 11.1. The van der Waals surface area contributed by atoms with Crippen LogP contribution in [0.2, 0.25) is 0 Å². The number of aliphatic hydroxyl groups excluding tert-OH is 1. The lowest BCUT2D eigenvalue weighted by Gasteiger charge is -2.11. The highest BCUT2D eigenvalue weighted by molar-refractivity contribution is 5.91. The summed E-state index contributed by atoms with van der Waals surface area (Å²) in [6.07, 6.45) is 2.29. The summed E-state index contributed by atoms with van der Waals surface area (Å²) in [5.41, 5.74) is 3.51. The van der Waals surface area contributed by atoms with Crippen molar-refractivity contribution in [3.8, 4) is 5.69 Å². The second-order valence-corrected chi connectivity index (χ2v) is 7.83. The third-order valence-corrected chi connectivity index (χ3v) is 5.32. The second-order valence-electron chi connectivity index (χ2n) is 7.83. The molecule has 0 saturated heterocycles. The number of imidazole rings is 1. The Morgan fingerprint density at radius 3 is 2.24 bits per heavy atom. The Balaban J connectivity index is 1.40. The molecule has 0 aliphatic carbocycles. The quantitative estimate of drug-likeness (QED) is 0.327. The number of para-hydroxylation sites is 2. The van der Waals surface area contributed by atoms with Crippen LogP contribution in [0.25, 0.3) is 5.69 Å². The van der Waals surface area contributed by atoms with Gasteiger partial charge in [0.15, 0.2) is 0 Å². The van der Waals surface area contributed by atoms with Crippen molar-refractivity contribution in [2.75, 3.05) is 18.4 Å². The van der Waals surface area contributed by atoms with Crippen molar-refractivity contribution in [3.05, 3.63) is 114 Å². The molecule has 0 aliphatic heterocycles. The molecule has 0 bridgehead atoms. The number of rotatable bonds is 10. The molecule has 33 heavy (non-hydrogen) atoms. The lowest BCUT2D eigenvalue weighted by molar-refractivity contribution is -0.115. The Morgan fingerprint density at radius 2 is 1.55 bits per heavy atom. The van der Waals surface area contributed by atoms with E-state index in [-0.39, 0.29) is 12.3 Å². The molecule has 3 aromatic carbocycles. The zero-order chi connectivity index (χ0) is 22.9. The molecule has 6 heteroatoms. The van der Waals surface area contributed by atoms with Gasteiger partial charge < -0.3 is 20.3 Å².